The topological polar surface area (TPSA) is 81.1 Å². The highest BCUT2D eigenvalue weighted by molar-refractivity contribution is 5.83. The lowest BCUT2D eigenvalue weighted by atomic mass is 10.1. The van der Waals surface area contributed by atoms with Crippen molar-refractivity contribution in [3.8, 4) is 0 Å². The number of nitrogens with zero attached hydrogens (tertiary/aromatic N) is 2. The largest absolute Gasteiger partial charge is 0.480 e. The van der Waals surface area contributed by atoms with E-state index in [4.69, 9.17) is 5.11 Å². The number of urea groups is 1. The van der Waals surface area contributed by atoms with Crippen LogP contribution in [0.3, 0.4) is 0 Å². The lowest BCUT2D eigenvalue weighted by Gasteiger charge is -2.27. The Morgan fingerprint density at radius 1 is 1.44 bits per heavy atom. The monoisotopic (exact) mass is 258 g/mol. The average molecular weight is 258 g/mol. The first-order valence-corrected chi connectivity index (χ1v) is 6.25. The molecule has 2 atom stereocenters. The summed E-state index contributed by atoms with van der Waals surface area (Å²) >= 11 is 0. The lowest BCUT2D eigenvalue weighted by Crippen LogP contribution is -2.47. The first kappa shape index (κ1) is 14.8. The Hall–Kier alpha value is -1.30. The Labute approximate surface area is 107 Å². The van der Waals surface area contributed by atoms with Crippen molar-refractivity contribution < 1.29 is 19.8 Å². The van der Waals surface area contributed by atoms with Crippen molar-refractivity contribution in [2.24, 2.45) is 5.92 Å². The standard InChI is InChI=1S/C12H22N2O4/c1-8(2)4-5-13(3)12(18)14-7-9(15)6-10(14)11(16)17/h8-10,15H,4-7H2,1-3H3,(H,16,17)/t9-,10-/m1/s1. The number of carbonyl (C=O) groups is 2. The van der Waals surface area contributed by atoms with Crippen molar-refractivity contribution >= 4 is 12.0 Å². The number of carbonyl (C=O) groups excluding carboxylic acids is 1. The predicted octanol–water partition coefficient (Wildman–Crippen LogP) is 0.604. The summed E-state index contributed by atoms with van der Waals surface area (Å²) in [5.74, 6) is -0.572. The number of hydrogen-bond acceptors (Lipinski definition) is 3. The molecule has 104 valence electrons. The van der Waals surface area contributed by atoms with Crippen LogP contribution in [-0.4, -0.2) is 64.3 Å². The van der Waals surface area contributed by atoms with Crippen LogP contribution in [0, 0.1) is 5.92 Å². The van der Waals surface area contributed by atoms with Crippen LogP contribution in [-0.2, 0) is 4.79 Å². The number of aliphatic hydroxyl groups is 1. The number of amides is 2. The number of rotatable bonds is 4. The molecule has 1 fully saturated rings. The second-order valence-corrected chi connectivity index (χ2v) is 5.28. The fourth-order valence-electron chi connectivity index (χ4n) is 2.03. The molecule has 0 aromatic heterocycles. The molecule has 0 aromatic carbocycles. The number of likely N-dealkylation sites (tertiary alicyclic amines) is 1. The van der Waals surface area contributed by atoms with Crippen LogP contribution in [0.4, 0.5) is 4.79 Å². The summed E-state index contributed by atoms with van der Waals surface area (Å²) in [4.78, 5) is 25.9. The van der Waals surface area contributed by atoms with E-state index in [9.17, 15) is 14.7 Å². The molecule has 6 nitrogen and oxygen atoms in total. The zero-order chi connectivity index (χ0) is 13.9. The van der Waals surface area contributed by atoms with Crippen LogP contribution < -0.4 is 0 Å². The molecule has 18 heavy (non-hydrogen) atoms. The van der Waals surface area contributed by atoms with Crippen molar-refractivity contribution in [2.75, 3.05) is 20.1 Å². The highest BCUT2D eigenvalue weighted by atomic mass is 16.4. The molecule has 1 heterocycles. The molecule has 0 aliphatic carbocycles. The molecule has 2 N–H and O–H groups in total. The zero-order valence-corrected chi connectivity index (χ0v) is 11.2. The Bertz CT molecular complexity index is 319. The van der Waals surface area contributed by atoms with Crippen LogP contribution in [0.5, 0.6) is 0 Å². The van der Waals surface area contributed by atoms with Gasteiger partial charge in [0.05, 0.1) is 6.10 Å². The number of carboxylic acid groups (broad SMARTS) is 1. The Morgan fingerprint density at radius 3 is 2.56 bits per heavy atom. The predicted molar refractivity (Wildman–Crippen MR) is 66.2 cm³/mol. The maximum atomic E-state index is 12.1. The Morgan fingerprint density at radius 2 is 2.06 bits per heavy atom. The minimum atomic E-state index is -1.06. The summed E-state index contributed by atoms with van der Waals surface area (Å²) in [6.07, 6.45) is 0.240. The van der Waals surface area contributed by atoms with E-state index in [0.29, 0.717) is 12.5 Å². The molecule has 2 amide bonds. The number of β-amino-alcohol motifs (C(OH)–C–C–N with tert-alkyl or cyclic N) is 1. The van der Waals surface area contributed by atoms with Gasteiger partial charge in [0.25, 0.3) is 0 Å². The lowest BCUT2D eigenvalue weighted by molar-refractivity contribution is -0.141. The Kier molecular flexibility index (Phi) is 4.95. The van der Waals surface area contributed by atoms with Gasteiger partial charge < -0.3 is 20.0 Å². The van der Waals surface area contributed by atoms with E-state index in [1.807, 2.05) is 0 Å². The average Bonchev–Trinajstić information content (AvgIpc) is 2.67. The van der Waals surface area contributed by atoms with Gasteiger partial charge in [-0.05, 0) is 12.3 Å². The third kappa shape index (κ3) is 3.60. The maximum Gasteiger partial charge on any atom is 0.326 e. The van der Waals surface area contributed by atoms with Crippen molar-refractivity contribution in [1.29, 1.82) is 0 Å². The number of aliphatic hydroxyl groups excluding tert-OH is 1. The van der Waals surface area contributed by atoms with Crippen molar-refractivity contribution in [3.63, 3.8) is 0 Å². The van der Waals surface area contributed by atoms with E-state index in [-0.39, 0.29) is 19.0 Å². The van der Waals surface area contributed by atoms with E-state index >= 15 is 0 Å². The van der Waals surface area contributed by atoms with Crippen molar-refractivity contribution in [1.82, 2.24) is 9.80 Å². The minimum Gasteiger partial charge on any atom is -0.480 e. The molecule has 0 aromatic rings. The fraction of sp³-hybridized carbons (Fsp3) is 0.833. The summed E-state index contributed by atoms with van der Waals surface area (Å²) in [7, 11) is 1.66. The molecule has 0 bridgehead atoms. The summed E-state index contributed by atoms with van der Waals surface area (Å²) in [5, 5.41) is 18.5. The molecular weight excluding hydrogens is 236 g/mol. The fourth-order valence-corrected chi connectivity index (χ4v) is 2.03. The molecule has 0 unspecified atom stereocenters. The van der Waals surface area contributed by atoms with Crippen LogP contribution in [0.2, 0.25) is 0 Å². The molecule has 0 saturated carbocycles. The number of carboxylic acids is 1. The van der Waals surface area contributed by atoms with Crippen LogP contribution in [0.15, 0.2) is 0 Å². The van der Waals surface area contributed by atoms with Crippen LogP contribution in [0.1, 0.15) is 26.7 Å². The molecule has 1 aliphatic rings. The van der Waals surface area contributed by atoms with Crippen molar-refractivity contribution in [2.45, 2.75) is 38.8 Å². The van der Waals surface area contributed by atoms with E-state index in [2.05, 4.69) is 13.8 Å². The summed E-state index contributed by atoms with van der Waals surface area (Å²) < 4.78 is 0. The van der Waals surface area contributed by atoms with Gasteiger partial charge in [0.15, 0.2) is 0 Å². The Balaban J connectivity index is 2.61. The summed E-state index contributed by atoms with van der Waals surface area (Å²) in [6, 6.07) is -1.23. The normalized spacial score (nSPS) is 23.5. The third-order valence-corrected chi connectivity index (χ3v) is 3.18. The van der Waals surface area contributed by atoms with E-state index < -0.39 is 18.1 Å². The van der Waals surface area contributed by atoms with Gasteiger partial charge in [-0.25, -0.2) is 9.59 Å². The van der Waals surface area contributed by atoms with E-state index in [0.717, 1.165) is 6.42 Å². The molecule has 6 heteroatoms. The van der Waals surface area contributed by atoms with Gasteiger partial charge >= 0.3 is 12.0 Å². The van der Waals surface area contributed by atoms with Gasteiger partial charge in [-0.2, -0.15) is 0 Å². The summed E-state index contributed by atoms with van der Waals surface area (Å²) in [6.45, 7) is 4.83. The van der Waals surface area contributed by atoms with Gasteiger partial charge in [-0.3, -0.25) is 0 Å². The van der Waals surface area contributed by atoms with Gasteiger partial charge in [-0.15, -0.1) is 0 Å². The maximum absolute atomic E-state index is 12.1. The molecule has 1 aliphatic heterocycles. The van der Waals surface area contributed by atoms with Crippen LogP contribution in [0.25, 0.3) is 0 Å². The van der Waals surface area contributed by atoms with Gasteiger partial charge in [0.2, 0.25) is 0 Å². The summed E-state index contributed by atoms with van der Waals surface area (Å²) in [5.41, 5.74) is 0. The zero-order valence-electron chi connectivity index (χ0n) is 11.2. The molecule has 1 rings (SSSR count). The molecule has 0 radical (unpaired) electrons. The SMILES string of the molecule is CC(C)CCN(C)C(=O)N1C[C@H](O)C[C@@H]1C(=O)O. The first-order chi connectivity index (χ1) is 8.32. The second-order valence-electron chi connectivity index (χ2n) is 5.28. The quantitative estimate of drug-likeness (QED) is 0.774. The first-order valence-electron chi connectivity index (χ1n) is 6.25. The number of hydrogen-bond donors (Lipinski definition) is 2. The second kappa shape index (κ2) is 6.04. The molecule has 0 spiro atoms. The number of aliphatic carboxylic acids is 1. The van der Waals surface area contributed by atoms with Crippen LogP contribution >= 0.6 is 0 Å². The van der Waals surface area contributed by atoms with Gasteiger partial charge in [0, 0.05) is 26.6 Å². The van der Waals surface area contributed by atoms with E-state index in [1.165, 1.54) is 9.80 Å². The van der Waals surface area contributed by atoms with Gasteiger partial charge in [-0.1, -0.05) is 13.8 Å². The van der Waals surface area contributed by atoms with E-state index in [1.54, 1.807) is 7.05 Å². The highest BCUT2D eigenvalue weighted by Crippen LogP contribution is 2.19. The minimum absolute atomic E-state index is 0.0990. The molecule has 1 saturated heterocycles. The van der Waals surface area contributed by atoms with Gasteiger partial charge in [0.1, 0.15) is 6.04 Å². The third-order valence-electron chi connectivity index (χ3n) is 3.18. The van der Waals surface area contributed by atoms with Crippen molar-refractivity contribution in [3.05, 3.63) is 0 Å². The highest BCUT2D eigenvalue weighted by Gasteiger charge is 2.39. The smallest absolute Gasteiger partial charge is 0.326 e. The molecular formula is C12H22N2O4.